The standard InChI is InChI=1S/C13H20N2O3/c1-9(2)12-11(14-8-18-12)13(16)15-6-4-5-10(15)7-17-3/h8-10H,4-7H2,1-3H3/t10-/m1/s1. The average Bonchev–Trinajstić information content (AvgIpc) is 2.96. The van der Waals surface area contributed by atoms with Crippen LogP contribution in [0.5, 0.6) is 0 Å². The molecular weight excluding hydrogens is 232 g/mol. The van der Waals surface area contributed by atoms with E-state index < -0.39 is 0 Å². The smallest absolute Gasteiger partial charge is 0.276 e. The molecule has 0 N–H and O–H groups in total. The first-order chi connectivity index (χ1) is 8.65. The second kappa shape index (κ2) is 5.52. The van der Waals surface area contributed by atoms with E-state index in [1.165, 1.54) is 6.39 Å². The van der Waals surface area contributed by atoms with E-state index >= 15 is 0 Å². The molecule has 5 heteroatoms. The fourth-order valence-electron chi connectivity index (χ4n) is 2.43. The van der Waals surface area contributed by atoms with Crippen LogP contribution in [-0.2, 0) is 4.74 Å². The summed E-state index contributed by atoms with van der Waals surface area (Å²) in [5, 5.41) is 0. The van der Waals surface area contributed by atoms with E-state index in [0.717, 1.165) is 19.4 Å². The maximum atomic E-state index is 12.5. The summed E-state index contributed by atoms with van der Waals surface area (Å²) in [5.74, 6) is 0.796. The Morgan fingerprint density at radius 3 is 3.11 bits per heavy atom. The minimum atomic E-state index is -0.0352. The van der Waals surface area contributed by atoms with Gasteiger partial charge in [-0.15, -0.1) is 0 Å². The zero-order valence-electron chi connectivity index (χ0n) is 11.2. The van der Waals surface area contributed by atoms with Crippen molar-refractivity contribution in [2.45, 2.75) is 38.6 Å². The lowest BCUT2D eigenvalue weighted by Crippen LogP contribution is -2.38. The van der Waals surface area contributed by atoms with Crippen molar-refractivity contribution in [2.75, 3.05) is 20.3 Å². The number of hydrogen-bond donors (Lipinski definition) is 0. The van der Waals surface area contributed by atoms with Gasteiger partial charge in [0.1, 0.15) is 5.76 Å². The molecule has 100 valence electrons. The number of likely N-dealkylation sites (tertiary alicyclic amines) is 1. The van der Waals surface area contributed by atoms with Crippen LogP contribution in [-0.4, -0.2) is 42.1 Å². The Hall–Kier alpha value is -1.36. The minimum Gasteiger partial charge on any atom is -0.447 e. The quantitative estimate of drug-likeness (QED) is 0.823. The highest BCUT2D eigenvalue weighted by molar-refractivity contribution is 5.93. The van der Waals surface area contributed by atoms with Crippen LogP contribution in [0.25, 0.3) is 0 Å². The van der Waals surface area contributed by atoms with Gasteiger partial charge in [0.2, 0.25) is 0 Å². The molecule has 5 nitrogen and oxygen atoms in total. The van der Waals surface area contributed by atoms with Gasteiger partial charge in [-0.2, -0.15) is 0 Å². The molecule has 1 fully saturated rings. The second-order valence-corrected chi connectivity index (χ2v) is 4.97. The molecule has 1 atom stereocenters. The van der Waals surface area contributed by atoms with Crippen molar-refractivity contribution in [1.29, 1.82) is 0 Å². The summed E-state index contributed by atoms with van der Waals surface area (Å²) in [6.45, 7) is 5.35. The maximum absolute atomic E-state index is 12.5. The molecule has 2 rings (SSSR count). The van der Waals surface area contributed by atoms with E-state index in [2.05, 4.69) is 4.98 Å². The molecule has 1 aliphatic rings. The highest BCUT2D eigenvalue weighted by Gasteiger charge is 2.32. The van der Waals surface area contributed by atoms with Gasteiger partial charge in [0.15, 0.2) is 12.1 Å². The van der Waals surface area contributed by atoms with Gasteiger partial charge >= 0.3 is 0 Å². The molecule has 0 spiro atoms. The molecule has 1 saturated heterocycles. The van der Waals surface area contributed by atoms with Gasteiger partial charge in [-0.3, -0.25) is 4.79 Å². The molecular formula is C13H20N2O3. The number of hydrogen-bond acceptors (Lipinski definition) is 4. The normalized spacial score (nSPS) is 19.8. The van der Waals surface area contributed by atoms with Crippen molar-refractivity contribution in [3.8, 4) is 0 Å². The van der Waals surface area contributed by atoms with Crippen LogP contribution >= 0.6 is 0 Å². The number of aromatic nitrogens is 1. The zero-order chi connectivity index (χ0) is 13.1. The number of carbonyl (C=O) groups excluding carboxylic acids is 1. The Balaban J connectivity index is 2.17. The Bertz CT molecular complexity index is 414. The summed E-state index contributed by atoms with van der Waals surface area (Å²) in [6, 6.07) is 0.166. The largest absolute Gasteiger partial charge is 0.447 e. The Labute approximate surface area is 107 Å². The van der Waals surface area contributed by atoms with Gasteiger partial charge in [0.25, 0.3) is 5.91 Å². The van der Waals surface area contributed by atoms with Gasteiger partial charge in [-0.1, -0.05) is 13.8 Å². The summed E-state index contributed by atoms with van der Waals surface area (Å²) in [7, 11) is 1.66. The van der Waals surface area contributed by atoms with E-state index in [-0.39, 0.29) is 17.9 Å². The van der Waals surface area contributed by atoms with Crippen molar-refractivity contribution in [2.24, 2.45) is 0 Å². The average molecular weight is 252 g/mol. The molecule has 0 unspecified atom stereocenters. The van der Waals surface area contributed by atoms with Crippen LogP contribution in [0.4, 0.5) is 0 Å². The van der Waals surface area contributed by atoms with E-state index in [1.807, 2.05) is 18.7 Å². The van der Waals surface area contributed by atoms with Crippen LogP contribution in [0.3, 0.4) is 0 Å². The van der Waals surface area contributed by atoms with Gasteiger partial charge in [-0.05, 0) is 12.8 Å². The van der Waals surface area contributed by atoms with E-state index in [4.69, 9.17) is 9.15 Å². The number of oxazole rings is 1. The summed E-state index contributed by atoms with van der Waals surface area (Å²) in [6.07, 6.45) is 3.37. The van der Waals surface area contributed by atoms with Crippen LogP contribution in [0.1, 0.15) is 48.9 Å². The number of amides is 1. The second-order valence-electron chi connectivity index (χ2n) is 4.97. The molecule has 2 heterocycles. The molecule has 0 saturated carbocycles. The molecule has 0 aliphatic carbocycles. The van der Waals surface area contributed by atoms with Crippen LogP contribution in [0.15, 0.2) is 10.8 Å². The minimum absolute atomic E-state index is 0.0352. The van der Waals surface area contributed by atoms with Crippen molar-refractivity contribution < 1.29 is 13.9 Å². The van der Waals surface area contributed by atoms with E-state index in [1.54, 1.807) is 7.11 Å². The molecule has 0 radical (unpaired) electrons. The lowest BCUT2D eigenvalue weighted by molar-refractivity contribution is 0.0623. The first-order valence-corrected chi connectivity index (χ1v) is 6.38. The van der Waals surface area contributed by atoms with Crippen molar-refractivity contribution in [3.63, 3.8) is 0 Å². The molecule has 1 aliphatic heterocycles. The Morgan fingerprint density at radius 1 is 1.67 bits per heavy atom. The first-order valence-electron chi connectivity index (χ1n) is 6.38. The van der Waals surface area contributed by atoms with Gasteiger partial charge in [0, 0.05) is 19.6 Å². The maximum Gasteiger partial charge on any atom is 0.276 e. The van der Waals surface area contributed by atoms with Crippen LogP contribution in [0, 0.1) is 0 Å². The number of carbonyl (C=O) groups is 1. The number of ether oxygens (including phenoxy) is 1. The molecule has 18 heavy (non-hydrogen) atoms. The first kappa shape index (κ1) is 13.1. The predicted octanol–water partition coefficient (Wildman–Crippen LogP) is 2.05. The molecule has 1 aromatic heterocycles. The highest BCUT2D eigenvalue weighted by Crippen LogP contribution is 2.24. The molecule has 1 amide bonds. The highest BCUT2D eigenvalue weighted by atomic mass is 16.5. The third kappa shape index (κ3) is 2.41. The Kier molecular flexibility index (Phi) is 4.01. The van der Waals surface area contributed by atoms with Gasteiger partial charge in [0.05, 0.1) is 12.6 Å². The summed E-state index contributed by atoms with van der Waals surface area (Å²) in [5.41, 5.74) is 0.452. The zero-order valence-corrected chi connectivity index (χ0v) is 11.2. The van der Waals surface area contributed by atoms with Crippen LogP contribution in [0.2, 0.25) is 0 Å². The molecule has 1 aromatic rings. The summed E-state index contributed by atoms with van der Waals surface area (Å²) < 4.78 is 10.5. The lowest BCUT2D eigenvalue weighted by atomic mass is 10.1. The summed E-state index contributed by atoms with van der Waals surface area (Å²) in [4.78, 5) is 18.4. The molecule has 0 aromatic carbocycles. The lowest BCUT2D eigenvalue weighted by Gasteiger charge is -2.23. The summed E-state index contributed by atoms with van der Waals surface area (Å²) >= 11 is 0. The third-order valence-electron chi connectivity index (χ3n) is 3.32. The van der Waals surface area contributed by atoms with E-state index in [9.17, 15) is 4.79 Å². The topological polar surface area (TPSA) is 55.6 Å². The SMILES string of the molecule is COC[C@H]1CCCN1C(=O)c1ncoc1C(C)C. The van der Waals surface area contributed by atoms with Crippen molar-refractivity contribution >= 4 is 5.91 Å². The van der Waals surface area contributed by atoms with Gasteiger partial charge in [-0.25, -0.2) is 4.98 Å². The molecule has 0 bridgehead atoms. The predicted molar refractivity (Wildman–Crippen MR) is 66.5 cm³/mol. The van der Waals surface area contributed by atoms with Crippen molar-refractivity contribution in [1.82, 2.24) is 9.88 Å². The van der Waals surface area contributed by atoms with Gasteiger partial charge < -0.3 is 14.1 Å². The fraction of sp³-hybridized carbons (Fsp3) is 0.692. The third-order valence-corrected chi connectivity index (χ3v) is 3.32. The number of nitrogens with zero attached hydrogens (tertiary/aromatic N) is 2. The number of rotatable bonds is 4. The van der Waals surface area contributed by atoms with E-state index in [0.29, 0.717) is 18.1 Å². The Morgan fingerprint density at radius 2 is 2.44 bits per heavy atom. The number of methoxy groups -OCH3 is 1. The monoisotopic (exact) mass is 252 g/mol. The van der Waals surface area contributed by atoms with Crippen LogP contribution < -0.4 is 0 Å². The van der Waals surface area contributed by atoms with Crippen molar-refractivity contribution in [3.05, 3.63) is 17.8 Å². The fourth-order valence-corrected chi connectivity index (χ4v) is 2.43.